The standard InChI is InChI=1S/C45H27N3S2/c1-3-10-28(11-4-1)29-18-20-30(21-19-29)34-15-9-16-38-37-25-23-33(27-41(37)50-42(34)38)45-47-43(31-12-5-2-6-13-31)46-44(48-45)32-22-24-36-35-14-7-8-17-39(35)49-40(36)26-32/h1-27H/i9D,15D,16D,23D,25D,27D. The third kappa shape index (κ3) is 4.98. The van der Waals surface area contributed by atoms with Crippen LogP contribution in [0.2, 0.25) is 0 Å². The molecule has 3 aromatic heterocycles. The molecule has 0 radical (unpaired) electrons. The first-order valence-corrected chi connectivity index (χ1v) is 17.7. The molecule has 0 aliphatic carbocycles. The number of benzene rings is 7. The van der Waals surface area contributed by atoms with Crippen LogP contribution in [0.25, 0.3) is 96.8 Å². The minimum Gasteiger partial charge on any atom is -0.208 e. The van der Waals surface area contributed by atoms with Crippen molar-refractivity contribution >= 4 is 63.0 Å². The summed E-state index contributed by atoms with van der Waals surface area (Å²) in [5, 5.41) is 2.85. The Labute approximate surface area is 305 Å². The first-order chi connectivity index (χ1) is 27.3. The average Bonchev–Trinajstić information content (AvgIpc) is 3.82. The summed E-state index contributed by atoms with van der Waals surface area (Å²) in [6.07, 6.45) is 0. The molecule has 0 amide bonds. The monoisotopic (exact) mass is 679 g/mol. The Kier molecular flexibility index (Phi) is 5.54. The maximum absolute atomic E-state index is 9.60. The number of aromatic nitrogens is 3. The fraction of sp³-hybridized carbons (Fsp3) is 0. The molecule has 3 nitrogen and oxygen atoms in total. The molecule has 0 unspecified atom stereocenters. The van der Waals surface area contributed by atoms with E-state index in [4.69, 9.17) is 19.1 Å². The molecular formula is C45H27N3S2. The largest absolute Gasteiger partial charge is 0.208 e. The highest BCUT2D eigenvalue weighted by atomic mass is 32.1. The SMILES string of the molecule is [2H]c1c([2H])c([2H])c2c(sc3c([2H])c(-c4nc(-c5ccccc5)nc(-c5ccc6c(c5)sc5ccccc56)n4)c([2H])c([2H])c32)c1-c1ccc(-c2ccccc2)cc1. The molecule has 234 valence electrons. The zero-order valence-electron chi connectivity index (χ0n) is 32.3. The summed E-state index contributed by atoms with van der Waals surface area (Å²) in [6.45, 7) is 0. The topological polar surface area (TPSA) is 38.7 Å². The molecule has 0 N–H and O–H groups in total. The number of fused-ring (bicyclic) bond motifs is 6. The molecule has 10 rings (SSSR count). The van der Waals surface area contributed by atoms with Gasteiger partial charge in [-0.15, -0.1) is 22.7 Å². The number of rotatable bonds is 5. The van der Waals surface area contributed by atoms with Gasteiger partial charge in [0.25, 0.3) is 0 Å². The zero-order valence-corrected chi connectivity index (χ0v) is 27.9. The lowest BCUT2D eigenvalue weighted by atomic mass is 9.99. The Balaban J connectivity index is 1.19. The molecule has 0 saturated heterocycles. The van der Waals surface area contributed by atoms with Gasteiger partial charge < -0.3 is 0 Å². The van der Waals surface area contributed by atoms with Gasteiger partial charge in [-0.3, -0.25) is 0 Å². The van der Waals surface area contributed by atoms with Crippen molar-refractivity contribution < 1.29 is 8.22 Å². The minimum absolute atomic E-state index is 0.0545. The fourth-order valence-electron chi connectivity index (χ4n) is 6.39. The van der Waals surface area contributed by atoms with Gasteiger partial charge in [-0.05, 0) is 40.4 Å². The predicted octanol–water partition coefficient (Wildman–Crippen LogP) is 12.9. The summed E-state index contributed by atoms with van der Waals surface area (Å²) >= 11 is 2.89. The Bertz CT molecular complexity index is 3200. The van der Waals surface area contributed by atoms with Crippen LogP contribution in [0.3, 0.4) is 0 Å². The van der Waals surface area contributed by atoms with E-state index in [0.717, 1.165) is 32.3 Å². The van der Waals surface area contributed by atoms with E-state index in [2.05, 4.69) is 24.3 Å². The van der Waals surface area contributed by atoms with Gasteiger partial charge in [0, 0.05) is 57.0 Å². The lowest BCUT2D eigenvalue weighted by Crippen LogP contribution is -2.00. The Morgan fingerprint density at radius 1 is 0.400 bits per heavy atom. The summed E-state index contributed by atoms with van der Waals surface area (Å²) in [4.78, 5) is 14.6. The Hall–Kier alpha value is -6.01. The Morgan fingerprint density at radius 2 is 1.02 bits per heavy atom. The molecule has 0 aliphatic rings. The summed E-state index contributed by atoms with van der Waals surface area (Å²) < 4.78 is 58.2. The minimum atomic E-state index is -0.272. The van der Waals surface area contributed by atoms with E-state index >= 15 is 0 Å². The number of thiophene rings is 2. The molecule has 3 heterocycles. The second kappa shape index (κ2) is 11.8. The molecule has 0 fully saturated rings. The van der Waals surface area contributed by atoms with Crippen LogP contribution in [0, 0.1) is 0 Å². The van der Waals surface area contributed by atoms with Gasteiger partial charge in [-0.25, -0.2) is 15.0 Å². The van der Waals surface area contributed by atoms with E-state index in [1.165, 1.54) is 21.4 Å². The molecule has 0 aliphatic heterocycles. The highest BCUT2D eigenvalue weighted by Crippen LogP contribution is 2.42. The van der Waals surface area contributed by atoms with Crippen molar-refractivity contribution in [2.24, 2.45) is 0 Å². The molecule has 50 heavy (non-hydrogen) atoms. The molecule has 7 aromatic carbocycles. The van der Waals surface area contributed by atoms with Crippen LogP contribution in [-0.4, -0.2) is 15.0 Å². The van der Waals surface area contributed by atoms with Crippen LogP contribution in [-0.2, 0) is 0 Å². The molecule has 0 saturated carbocycles. The maximum Gasteiger partial charge on any atom is 0.164 e. The maximum atomic E-state index is 9.60. The van der Waals surface area contributed by atoms with Gasteiger partial charge in [0.1, 0.15) is 0 Å². The second-order valence-electron chi connectivity index (χ2n) is 11.9. The quantitative estimate of drug-likeness (QED) is 0.182. The first kappa shape index (κ1) is 23.4. The zero-order chi connectivity index (χ0) is 38.2. The summed E-state index contributed by atoms with van der Waals surface area (Å²) in [7, 11) is 0. The van der Waals surface area contributed by atoms with Crippen LogP contribution in [0.15, 0.2) is 164 Å². The molecule has 0 bridgehead atoms. The lowest BCUT2D eigenvalue weighted by molar-refractivity contribution is 1.08. The summed E-state index contributed by atoms with van der Waals surface area (Å²) in [5.74, 6) is 0.844. The third-order valence-electron chi connectivity index (χ3n) is 8.87. The van der Waals surface area contributed by atoms with Crippen LogP contribution in [0.1, 0.15) is 8.22 Å². The number of hydrogen-bond acceptors (Lipinski definition) is 5. The molecular weight excluding hydrogens is 647 g/mol. The van der Waals surface area contributed by atoms with Crippen molar-refractivity contribution in [2.75, 3.05) is 0 Å². The second-order valence-corrected chi connectivity index (χ2v) is 14.0. The van der Waals surface area contributed by atoms with Gasteiger partial charge in [0.05, 0.1) is 8.22 Å². The summed E-state index contributed by atoms with van der Waals surface area (Å²) in [5.41, 5.74) is 4.76. The number of nitrogens with zero attached hydrogens (tertiary/aromatic N) is 3. The lowest BCUT2D eigenvalue weighted by Gasteiger charge is -2.09. The fourth-order valence-corrected chi connectivity index (χ4v) is 8.67. The smallest absolute Gasteiger partial charge is 0.164 e. The van der Waals surface area contributed by atoms with Gasteiger partial charge in [-0.1, -0.05) is 145 Å². The van der Waals surface area contributed by atoms with Crippen molar-refractivity contribution in [3.63, 3.8) is 0 Å². The van der Waals surface area contributed by atoms with Crippen LogP contribution in [0.5, 0.6) is 0 Å². The van der Waals surface area contributed by atoms with Gasteiger partial charge in [0.2, 0.25) is 0 Å². The van der Waals surface area contributed by atoms with E-state index in [1.807, 2.05) is 103 Å². The van der Waals surface area contributed by atoms with Crippen molar-refractivity contribution in [1.29, 1.82) is 0 Å². The normalized spacial score (nSPS) is 13.3. The molecule has 5 heteroatoms. The number of hydrogen-bond donors (Lipinski definition) is 0. The van der Waals surface area contributed by atoms with Crippen molar-refractivity contribution in [3.05, 3.63) is 164 Å². The van der Waals surface area contributed by atoms with E-state index in [9.17, 15) is 4.11 Å². The first-order valence-electron chi connectivity index (χ1n) is 19.1. The van der Waals surface area contributed by atoms with E-state index in [1.54, 1.807) is 11.3 Å². The van der Waals surface area contributed by atoms with Crippen molar-refractivity contribution in [3.8, 4) is 56.4 Å². The van der Waals surface area contributed by atoms with E-state index < -0.39 is 0 Å². The highest BCUT2D eigenvalue weighted by molar-refractivity contribution is 7.26. The van der Waals surface area contributed by atoms with Crippen molar-refractivity contribution in [2.45, 2.75) is 0 Å². The van der Waals surface area contributed by atoms with E-state index in [0.29, 0.717) is 37.6 Å². The molecule has 10 aromatic rings. The Morgan fingerprint density at radius 3 is 1.82 bits per heavy atom. The molecule has 0 spiro atoms. The predicted molar refractivity (Wildman–Crippen MR) is 213 cm³/mol. The van der Waals surface area contributed by atoms with Crippen LogP contribution >= 0.6 is 22.7 Å². The van der Waals surface area contributed by atoms with Crippen LogP contribution in [0.4, 0.5) is 0 Å². The van der Waals surface area contributed by atoms with Gasteiger partial charge in [0.15, 0.2) is 17.5 Å². The third-order valence-corrected chi connectivity index (χ3v) is 11.1. The van der Waals surface area contributed by atoms with Crippen LogP contribution < -0.4 is 0 Å². The van der Waals surface area contributed by atoms with Gasteiger partial charge >= 0.3 is 0 Å². The van der Waals surface area contributed by atoms with E-state index in [-0.39, 0.29) is 53.0 Å². The summed E-state index contributed by atoms with van der Waals surface area (Å²) in [6, 6.07) is 40.5. The molecule has 0 atom stereocenters. The van der Waals surface area contributed by atoms with Gasteiger partial charge in [-0.2, -0.15) is 0 Å². The average molecular weight is 680 g/mol. The highest BCUT2D eigenvalue weighted by Gasteiger charge is 2.16. The van der Waals surface area contributed by atoms with Crippen molar-refractivity contribution in [1.82, 2.24) is 15.0 Å².